The SMILES string of the molecule is CN(C(=O)c1ccc(Nc2ccccc2)nn1)C1CCS(=O)(=O)C1. The van der Waals surface area contributed by atoms with E-state index in [1.165, 1.54) is 4.90 Å². The van der Waals surface area contributed by atoms with E-state index in [0.29, 0.717) is 12.2 Å². The minimum Gasteiger partial charge on any atom is -0.339 e. The van der Waals surface area contributed by atoms with E-state index in [2.05, 4.69) is 15.5 Å². The Morgan fingerprint density at radius 1 is 1.17 bits per heavy atom. The average molecular weight is 346 g/mol. The quantitative estimate of drug-likeness (QED) is 0.901. The molecule has 1 aliphatic heterocycles. The molecule has 0 aliphatic carbocycles. The number of nitrogens with zero attached hydrogens (tertiary/aromatic N) is 3. The molecule has 7 nitrogen and oxygen atoms in total. The number of carbonyl (C=O) groups excluding carboxylic acids is 1. The number of nitrogens with one attached hydrogen (secondary N) is 1. The Kier molecular flexibility index (Phi) is 4.48. The number of hydrogen-bond acceptors (Lipinski definition) is 6. The van der Waals surface area contributed by atoms with Crippen LogP contribution in [0.3, 0.4) is 0 Å². The van der Waals surface area contributed by atoms with Gasteiger partial charge in [0.25, 0.3) is 5.91 Å². The Bertz CT molecular complexity index is 822. The fraction of sp³-hybridized carbons (Fsp3) is 0.312. The minimum atomic E-state index is -3.04. The summed E-state index contributed by atoms with van der Waals surface area (Å²) in [6, 6.07) is 12.5. The zero-order valence-corrected chi connectivity index (χ0v) is 14.0. The summed E-state index contributed by atoms with van der Waals surface area (Å²) in [6.45, 7) is 0. The van der Waals surface area contributed by atoms with Crippen LogP contribution in [0.2, 0.25) is 0 Å². The second kappa shape index (κ2) is 6.56. The van der Waals surface area contributed by atoms with E-state index in [0.717, 1.165) is 5.69 Å². The summed E-state index contributed by atoms with van der Waals surface area (Å²) < 4.78 is 23.1. The molecule has 0 bridgehead atoms. The predicted molar refractivity (Wildman–Crippen MR) is 90.9 cm³/mol. The molecule has 1 aliphatic rings. The number of benzene rings is 1. The number of para-hydroxylation sites is 1. The van der Waals surface area contributed by atoms with Crippen LogP contribution >= 0.6 is 0 Å². The Labute approximate surface area is 140 Å². The Balaban J connectivity index is 1.67. The van der Waals surface area contributed by atoms with Crippen molar-refractivity contribution in [2.24, 2.45) is 0 Å². The molecule has 1 saturated heterocycles. The highest BCUT2D eigenvalue weighted by atomic mass is 32.2. The molecule has 0 radical (unpaired) electrons. The standard InChI is InChI=1S/C16H18N4O3S/c1-20(13-9-10-24(22,23)11-13)16(21)14-7-8-15(19-18-14)17-12-5-3-2-4-6-12/h2-8,13H,9-11H2,1H3,(H,17,19). The average Bonchev–Trinajstić information content (AvgIpc) is 2.95. The lowest BCUT2D eigenvalue weighted by molar-refractivity contribution is 0.0740. The second-order valence-electron chi connectivity index (χ2n) is 5.77. The van der Waals surface area contributed by atoms with Crippen molar-refractivity contribution in [2.75, 3.05) is 23.9 Å². The van der Waals surface area contributed by atoms with Crippen LogP contribution < -0.4 is 5.32 Å². The topological polar surface area (TPSA) is 92.3 Å². The fourth-order valence-corrected chi connectivity index (χ4v) is 4.38. The molecule has 1 atom stereocenters. The van der Waals surface area contributed by atoms with Crippen molar-refractivity contribution in [3.05, 3.63) is 48.2 Å². The highest BCUT2D eigenvalue weighted by Gasteiger charge is 2.33. The van der Waals surface area contributed by atoms with Gasteiger partial charge in [-0.15, -0.1) is 10.2 Å². The number of amides is 1. The van der Waals surface area contributed by atoms with E-state index < -0.39 is 9.84 Å². The van der Waals surface area contributed by atoms with Gasteiger partial charge in [0, 0.05) is 18.8 Å². The second-order valence-corrected chi connectivity index (χ2v) is 8.00. The van der Waals surface area contributed by atoms with Crippen molar-refractivity contribution in [1.29, 1.82) is 0 Å². The molecule has 126 valence electrons. The van der Waals surface area contributed by atoms with Crippen LogP contribution in [0.5, 0.6) is 0 Å². The lowest BCUT2D eigenvalue weighted by atomic mass is 10.2. The van der Waals surface area contributed by atoms with Crippen LogP contribution in [0.4, 0.5) is 11.5 Å². The number of aromatic nitrogens is 2. The van der Waals surface area contributed by atoms with Gasteiger partial charge >= 0.3 is 0 Å². The number of sulfone groups is 1. The van der Waals surface area contributed by atoms with Crippen molar-refractivity contribution in [1.82, 2.24) is 15.1 Å². The Hall–Kier alpha value is -2.48. The molecule has 1 unspecified atom stereocenters. The molecule has 1 aromatic heterocycles. The zero-order chi connectivity index (χ0) is 17.2. The summed E-state index contributed by atoms with van der Waals surface area (Å²) in [5.41, 5.74) is 1.07. The molecular weight excluding hydrogens is 328 g/mol. The molecule has 1 aromatic carbocycles. The third-order valence-electron chi connectivity index (χ3n) is 4.01. The highest BCUT2D eigenvalue weighted by molar-refractivity contribution is 7.91. The molecule has 1 N–H and O–H groups in total. The van der Waals surface area contributed by atoms with Crippen molar-refractivity contribution < 1.29 is 13.2 Å². The first-order chi connectivity index (χ1) is 11.4. The van der Waals surface area contributed by atoms with Crippen LogP contribution in [0, 0.1) is 0 Å². The lowest BCUT2D eigenvalue weighted by Gasteiger charge is -2.22. The van der Waals surface area contributed by atoms with Crippen molar-refractivity contribution in [3.8, 4) is 0 Å². The molecular formula is C16H18N4O3S. The fourth-order valence-electron chi connectivity index (χ4n) is 2.61. The van der Waals surface area contributed by atoms with Gasteiger partial charge in [0.1, 0.15) is 0 Å². The van der Waals surface area contributed by atoms with Crippen LogP contribution in [0.15, 0.2) is 42.5 Å². The van der Waals surface area contributed by atoms with E-state index in [-0.39, 0.29) is 29.1 Å². The maximum Gasteiger partial charge on any atom is 0.274 e. The van der Waals surface area contributed by atoms with Gasteiger partial charge in [-0.05, 0) is 30.7 Å². The third kappa shape index (κ3) is 3.70. The first kappa shape index (κ1) is 16.4. The van der Waals surface area contributed by atoms with Crippen molar-refractivity contribution >= 4 is 27.2 Å². The van der Waals surface area contributed by atoms with Gasteiger partial charge in [-0.25, -0.2) is 8.42 Å². The molecule has 3 rings (SSSR count). The number of hydrogen-bond donors (Lipinski definition) is 1. The number of rotatable bonds is 4. The summed E-state index contributed by atoms with van der Waals surface area (Å²) in [4.78, 5) is 13.9. The molecule has 24 heavy (non-hydrogen) atoms. The monoisotopic (exact) mass is 346 g/mol. The maximum atomic E-state index is 12.4. The molecule has 8 heteroatoms. The molecule has 1 fully saturated rings. The van der Waals surface area contributed by atoms with E-state index >= 15 is 0 Å². The first-order valence-corrected chi connectivity index (χ1v) is 9.40. The zero-order valence-electron chi connectivity index (χ0n) is 13.2. The third-order valence-corrected chi connectivity index (χ3v) is 5.76. The van der Waals surface area contributed by atoms with Gasteiger partial charge in [-0.2, -0.15) is 0 Å². The van der Waals surface area contributed by atoms with Gasteiger partial charge in [0.05, 0.1) is 11.5 Å². The van der Waals surface area contributed by atoms with E-state index in [1.54, 1.807) is 19.2 Å². The molecule has 0 saturated carbocycles. The first-order valence-electron chi connectivity index (χ1n) is 7.58. The van der Waals surface area contributed by atoms with Crippen LogP contribution in [0.1, 0.15) is 16.9 Å². The van der Waals surface area contributed by atoms with E-state index in [9.17, 15) is 13.2 Å². The molecule has 1 amide bonds. The van der Waals surface area contributed by atoms with Crippen LogP contribution in [-0.2, 0) is 9.84 Å². The summed E-state index contributed by atoms with van der Waals surface area (Å²) >= 11 is 0. The lowest BCUT2D eigenvalue weighted by Crippen LogP contribution is -2.38. The van der Waals surface area contributed by atoms with Crippen molar-refractivity contribution in [3.63, 3.8) is 0 Å². The normalized spacial score (nSPS) is 19.0. The summed E-state index contributed by atoms with van der Waals surface area (Å²) in [6.07, 6.45) is 0.464. The molecule has 0 spiro atoms. The number of carbonyl (C=O) groups is 1. The van der Waals surface area contributed by atoms with Gasteiger partial charge < -0.3 is 10.2 Å². The van der Waals surface area contributed by atoms with Gasteiger partial charge in [-0.3, -0.25) is 4.79 Å². The van der Waals surface area contributed by atoms with E-state index in [4.69, 9.17) is 0 Å². The van der Waals surface area contributed by atoms with Gasteiger partial charge in [0.15, 0.2) is 21.3 Å². The van der Waals surface area contributed by atoms with Crippen molar-refractivity contribution in [2.45, 2.75) is 12.5 Å². The number of anilines is 2. The smallest absolute Gasteiger partial charge is 0.274 e. The van der Waals surface area contributed by atoms with Crippen LogP contribution in [-0.4, -0.2) is 54.0 Å². The molecule has 2 heterocycles. The van der Waals surface area contributed by atoms with Gasteiger partial charge in [-0.1, -0.05) is 18.2 Å². The summed E-state index contributed by atoms with van der Waals surface area (Å²) in [5, 5.41) is 11.0. The highest BCUT2D eigenvalue weighted by Crippen LogP contribution is 2.18. The van der Waals surface area contributed by atoms with Gasteiger partial charge in [0.2, 0.25) is 0 Å². The van der Waals surface area contributed by atoms with Crippen LogP contribution in [0.25, 0.3) is 0 Å². The largest absolute Gasteiger partial charge is 0.339 e. The Morgan fingerprint density at radius 3 is 2.50 bits per heavy atom. The predicted octanol–water partition coefficient (Wildman–Crippen LogP) is 1.48. The minimum absolute atomic E-state index is 0.0102. The molecule has 2 aromatic rings. The van der Waals surface area contributed by atoms with E-state index in [1.807, 2.05) is 30.3 Å². The summed E-state index contributed by atoms with van der Waals surface area (Å²) in [7, 11) is -1.43. The maximum absolute atomic E-state index is 12.4. The summed E-state index contributed by atoms with van der Waals surface area (Å²) in [5.74, 6) is 0.344. The Morgan fingerprint density at radius 2 is 1.92 bits per heavy atom.